The van der Waals surface area contributed by atoms with Gasteiger partial charge in [-0.3, -0.25) is 0 Å². The smallest absolute Gasteiger partial charge is 0.336 e. The highest BCUT2D eigenvalue weighted by Crippen LogP contribution is 2.27. The number of hydrogen-bond donors (Lipinski definition) is 1. The van der Waals surface area contributed by atoms with Crippen LogP contribution in [0.25, 0.3) is 22.3 Å². The zero-order valence-corrected chi connectivity index (χ0v) is 12.8. The maximum atomic E-state index is 13.1. The highest BCUT2D eigenvalue weighted by Gasteiger charge is 2.19. The second-order valence-electron chi connectivity index (χ2n) is 5.28. The summed E-state index contributed by atoms with van der Waals surface area (Å²) in [6, 6.07) is 9.16. The number of hydrogen-bond acceptors (Lipinski definition) is 4. The van der Waals surface area contributed by atoms with E-state index in [-0.39, 0.29) is 17.8 Å². The molecule has 24 heavy (non-hydrogen) atoms. The van der Waals surface area contributed by atoms with Crippen LogP contribution in [0.5, 0.6) is 0 Å². The minimum Gasteiger partial charge on any atom is -0.478 e. The average Bonchev–Trinajstić information content (AvgIpc) is 2.89. The molecule has 0 saturated heterocycles. The third-order valence-corrected chi connectivity index (χ3v) is 3.68. The number of aromatic nitrogens is 3. The third-order valence-electron chi connectivity index (χ3n) is 3.68. The van der Waals surface area contributed by atoms with Gasteiger partial charge in [0.25, 0.3) is 0 Å². The van der Waals surface area contributed by atoms with Crippen molar-refractivity contribution in [2.75, 3.05) is 0 Å². The van der Waals surface area contributed by atoms with E-state index >= 15 is 0 Å². The van der Waals surface area contributed by atoms with Crippen molar-refractivity contribution < 1.29 is 14.3 Å². The highest BCUT2D eigenvalue weighted by atomic mass is 19.1. The molecule has 1 N–H and O–H groups in total. The summed E-state index contributed by atoms with van der Waals surface area (Å²) < 4.78 is 14.6. The molecule has 0 amide bonds. The number of aromatic carboxylic acids is 1. The van der Waals surface area contributed by atoms with Crippen molar-refractivity contribution in [3.63, 3.8) is 0 Å². The molecular formula is C17H13FN4O2. The molecule has 0 aliphatic heterocycles. The molecule has 2 heterocycles. The van der Waals surface area contributed by atoms with Crippen LogP contribution in [-0.4, -0.2) is 25.8 Å². The van der Waals surface area contributed by atoms with E-state index in [9.17, 15) is 14.3 Å². The number of pyridine rings is 1. The third kappa shape index (κ3) is 2.70. The summed E-state index contributed by atoms with van der Waals surface area (Å²) in [5, 5.41) is 23.0. The van der Waals surface area contributed by atoms with Gasteiger partial charge in [0, 0.05) is 5.56 Å². The quantitative estimate of drug-likeness (QED) is 0.796. The van der Waals surface area contributed by atoms with Crippen LogP contribution in [0.2, 0.25) is 0 Å². The van der Waals surface area contributed by atoms with E-state index in [1.54, 1.807) is 6.92 Å². The van der Waals surface area contributed by atoms with Gasteiger partial charge in [-0.05, 0) is 37.3 Å². The zero-order valence-electron chi connectivity index (χ0n) is 12.8. The first-order valence-corrected chi connectivity index (χ1v) is 7.25. The first-order valence-electron chi connectivity index (χ1n) is 7.25. The molecule has 7 heteroatoms. The second-order valence-corrected chi connectivity index (χ2v) is 5.28. The van der Waals surface area contributed by atoms with E-state index < -0.39 is 5.97 Å². The van der Waals surface area contributed by atoms with Gasteiger partial charge in [-0.1, -0.05) is 0 Å². The Morgan fingerprint density at radius 1 is 1.38 bits per heavy atom. The molecule has 0 fully saturated rings. The van der Waals surface area contributed by atoms with E-state index in [1.165, 1.54) is 35.0 Å². The molecule has 3 aromatic rings. The summed E-state index contributed by atoms with van der Waals surface area (Å²) in [5.41, 5.74) is 2.05. The number of nitrogens with zero attached hydrogens (tertiary/aromatic N) is 4. The topological polar surface area (TPSA) is 91.8 Å². The van der Waals surface area contributed by atoms with Crippen LogP contribution in [0.1, 0.15) is 22.5 Å². The summed E-state index contributed by atoms with van der Waals surface area (Å²) in [5.74, 6) is -1.47. The summed E-state index contributed by atoms with van der Waals surface area (Å²) in [7, 11) is 0. The van der Waals surface area contributed by atoms with E-state index in [0.29, 0.717) is 34.5 Å². The summed E-state index contributed by atoms with van der Waals surface area (Å²) in [4.78, 5) is 16.1. The van der Waals surface area contributed by atoms with Gasteiger partial charge in [-0.15, -0.1) is 0 Å². The van der Waals surface area contributed by atoms with Crippen molar-refractivity contribution in [2.24, 2.45) is 0 Å². The maximum absolute atomic E-state index is 13.1. The Balaban J connectivity index is 2.26. The molecule has 1 aromatic carbocycles. The minimum atomic E-state index is -1.09. The van der Waals surface area contributed by atoms with Gasteiger partial charge in [0.1, 0.15) is 5.82 Å². The van der Waals surface area contributed by atoms with Gasteiger partial charge < -0.3 is 5.11 Å². The van der Waals surface area contributed by atoms with E-state index in [4.69, 9.17) is 5.26 Å². The summed E-state index contributed by atoms with van der Waals surface area (Å²) in [6.07, 6.45) is 0.237. The Labute approximate surface area is 136 Å². The lowest BCUT2D eigenvalue weighted by molar-refractivity contribution is 0.0699. The number of halogens is 1. The molecule has 0 aliphatic carbocycles. The fraction of sp³-hybridized carbons (Fsp3) is 0.176. The lowest BCUT2D eigenvalue weighted by Crippen LogP contribution is -2.04. The summed E-state index contributed by atoms with van der Waals surface area (Å²) in [6.45, 7) is 2.02. The van der Waals surface area contributed by atoms with Crippen LogP contribution in [-0.2, 0) is 6.54 Å². The monoisotopic (exact) mass is 324 g/mol. The van der Waals surface area contributed by atoms with E-state index in [2.05, 4.69) is 10.1 Å². The van der Waals surface area contributed by atoms with Crippen LogP contribution < -0.4 is 0 Å². The van der Waals surface area contributed by atoms with Crippen molar-refractivity contribution in [2.45, 2.75) is 19.9 Å². The van der Waals surface area contributed by atoms with Crippen LogP contribution in [0.4, 0.5) is 4.39 Å². The fourth-order valence-electron chi connectivity index (χ4n) is 2.60. The Bertz CT molecular complexity index is 971. The number of carboxylic acids is 1. The maximum Gasteiger partial charge on any atom is 0.336 e. The number of nitriles is 1. The fourth-order valence-corrected chi connectivity index (χ4v) is 2.60. The molecule has 0 saturated carbocycles. The summed E-state index contributed by atoms with van der Waals surface area (Å²) >= 11 is 0. The minimum absolute atomic E-state index is 0.0834. The van der Waals surface area contributed by atoms with Crippen molar-refractivity contribution in [1.82, 2.24) is 14.8 Å². The van der Waals surface area contributed by atoms with E-state index in [0.717, 1.165) is 0 Å². The second kappa shape index (κ2) is 6.08. The zero-order chi connectivity index (χ0) is 17.3. The number of carboxylic acid groups (broad SMARTS) is 1. The molecule has 0 unspecified atom stereocenters. The van der Waals surface area contributed by atoms with Crippen LogP contribution >= 0.6 is 0 Å². The molecule has 6 nitrogen and oxygen atoms in total. The van der Waals surface area contributed by atoms with Crippen molar-refractivity contribution in [3.8, 4) is 17.3 Å². The molecule has 120 valence electrons. The number of aryl methyl sites for hydroxylation is 2. The van der Waals surface area contributed by atoms with Gasteiger partial charge in [0.15, 0.2) is 5.65 Å². The van der Waals surface area contributed by atoms with Gasteiger partial charge in [0.05, 0.1) is 41.4 Å². The van der Waals surface area contributed by atoms with Gasteiger partial charge >= 0.3 is 5.97 Å². The van der Waals surface area contributed by atoms with Crippen LogP contribution in [0, 0.1) is 24.1 Å². The first-order chi connectivity index (χ1) is 11.5. The lowest BCUT2D eigenvalue weighted by Gasteiger charge is -2.06. The lowest BCUT2D eigenvalue weighted by atomic mass is 10.1. The van der Waals surface area contributed by atoms with Crippen LogP contribution in [0.3, 0.4) is 0 Å². The number of rotatable bonds is 4. The van der Waals surface area contributed by atoms with Gasteiger partial charge in [-0.2, -0.15) is 10.4 Å². The number of carbonyl (C=O) groups is 1. The van der Waals surface area contributed by atoms with Crippen LogP contribution in [0.15, 0.2) is 30.3 Å². The molecule has 0 aliphatic rings. The van der Waals surface area contributed by atoms with Gasteiger partial charge in [-0.25, -0.2) is 18.9 Å². The molecule has 3 rings (SSSR count). The largest absolute Gasteiger partial charge is 0.478 e. The average molecular weight is 324 g/mol. The Kier molecular flexibility index (Phi) is 3.96. The SMILES string of the molecule is Cc1nn(CCC#N)c2nc(-c3ccc(F)cc3)cc(C(=O)O)c12. The van der Waals surface area contributed by atoms with Crippen molar-refractivity contribution in [3.05, 3.63) is 47.4 Å². The highest BCUT2D eigenvalue weighted by molar-refractivity contribution is 6.04. The molecule has 0 radical (unpaired) electrons. The normalized spacial score (nSPS) is 10.7. The Hall–Kier alpha value is -3.27. The van der Waals surface area contributed by atoms with E-state index in [1.807, 2.05) is 6.07 Å². The standard InChI is InChI=1S/C17H13FN4O2/c1-10-15-13(17(23)24)9-14(11-3-5-12(18)6-4-11)20-16(15)22(21-10)8-2-7-19/h3-6,9H,2,8H2,1H3,(H,23,24). The molecule has 2 aromatic heterocycles. The predicted octanol–water partition coefficient (Wildman–Crippen LogP) is 3.16. The van der Waals surface area contributed by atoms with Crippen molar-refractivity contribution in [1.29, 1.82) is 5.26 Å². The van der Waals surface area contributed by atoms with Crippen molar-refractivity contribution >= 4 is 17.0 Å². The number of benzene rings is 1. The Morgan fingerprint density at radius 3 is 2.71 bits per heavy atom. The van der Waals surface area contributed by atoms with Gasteiger partial charge in [0.2, 0.25) is 0 Å². The predicted molar refractivity (Wildman–Crippen MR) is 84.8 cm³/mol. The number of fused-ring (bicyclic) bond motifs is 1. The Morgan fingerprint density at radius 2 is 2.08 bits per heavy atom. The molecule has 0 atom stereocenters. The molecule has 0 spiro atoms. The molecule has 0 bridgehead atoms. The first kappa shape index (κ1) is 15.6. The molecular weight excluding hydrogens is 311 g/mol.